The molecule has 2 atom stereocenters. The SMILES string of the molecule is Cc1ccc(C(C)N[C@@H](CO)c2ccccc2)cc1C. The predicted molar refractivity (Wildman–Crippen MR) is 83.7 cm³/mol. The maximum absolute atomic E-state index is 9.61. The van der Waals surface area contributed by atoms with Gasteiger partial charge < -0.3 is 10.4 Å². The molecule has 2 aromatic carbocycles. The molecule has 0 fully saturated rings. The molecule has 0 radical (unpaired) electrons. The zero-order valence-corrected chi connectivity index (χ0v) is 12.4. The number of hydrogen-bond donors (Lipinski definition) is 2. The van der Waals surface area contributed by atoms with Gasteiger partial charge in [0.25, 0.3) is 0 Å². The average Bonchev–Trinajstić information content (AvgIpc) is 2.48. The lowest BCUT2D eigenvalue weighted by molar-refractivity contribution is 0.235. The van der Waals surface area contributed by atoms with Gasteiger partial charge in [0, 0.05) is 6.04 Å². The summed E-state index contributed by atoms with van der Waals surface area (Å²) in [6, 6.07) is 16.8. The molecule has 2 rings (SSSR count). The number of hydrogen-bond acceptors (Lipinski definition) is 2. The lowest BCUT2D eigenvalue weighted by Gasteiger charge is -2.23. The molecule has 20 heavy (non-hydrogen) atoms. The topological polar surface area (TPSA) is 32.3 Å². The first kappa shape index (κ1) is 14.8. The molecule has 0 aromatic heterocycles. The minimum absolute atomic E-state index is 0.0344. The maximum Gasteiger partial charge on any atom is 0.0626 e. The Morgan fingerprint density at radius 2 is 1.65 bits per heavy atom. The first-order chi connectivity index (χ1) is 9.61. The van der Waals surface area contributed by atoms with Crippen LogP contribution in [0.4, 0.5) is 0 Å². The van der Waals surface area contributed by atoms with Crippen molar-refractivity contribution in [2.24, 2.45) is 0 Å². The zero-order valence-electron chi connectivity index (χ0n) is 12.4. The number of aliphatic hydroxyl groups excluding tert-OH is 1. The van der Waals surface area contributed by atoms with Crippen LogP contribution in [0.3, 0.4) is 0 Å². The Labute approximate surface area is 121 Å². The normalized spacial score (nSPS) is 14.0. The Morgan fingerprint density at radius 1 is 0.950 bits per heavy atom. The van der Waals surface area contributed by atoms with Crippen molar-refractivity contribution in [2.75, 3.05) is 6.61 Å². The van der Waals surface area contributed by atoms with E-state index in [2.05, 4.69) is 44.3 Å². The molecule has 0 spiro atoms. The summed E-state index contributed by atoms with van der Waals surface area (Å²) in [6.07, 6.45) is 0. The Bertz CT molecular complexity index is 551. The first-order valence-corrected chi connectivity index (χ1v) is 7.11. The summed E-state index contributed by atoms with van der Waals surface area (Å²) in [5.74, 6) is 0. The van der Waals surface area contributed by atoms with Gasteiger partial charge in [-0.05, 0) is 43.0 Å². The number of nitrogens with one attached hydrogen (secondary N) is 1. The molecule has 2 heteroatoms. The van der Waals surface area contributed by atoms with Crippen LogP contribution in [0.25, 0.3) is 0 Å². The van der Waals surface area contributed by atoms with Crippen molar-refractivity contribution in [3.63, 3.8) is 0 Å². The molecular weight excluding hydrogens is 246 g/mol. The van der Waals surface area contributed by atoms with Crippen molar-refractivity contribution in [1.82, 2.24) is 5.32 Å². The zero-order chi connectivity index (χ0) is 14.5. The van der Waals surface area contributed by atoms with Gasteiger partial charge in [0.1, 0.15) is 0 Å². The Balaban J connectivity index is 2.13. The molecule has 0 amide bonds. The molecule has 0 aliphatic carbocycles. The second-order valence-corrected chi connectivity index (χ2v) is 5.38. The van der Waals surface area contributed by atoms with Gasteiger partial charge in [-0.2, -0.15) is 0 Å². The highest BCUT2D eigenvalue weighted by molar-refractivity contribution is 5.31. The first-order valence-electron chi connectivity index (χ1n) is 7.11. The van der Waals surface area contributed by atoms with E-state index in [0.717, 1.165) is 5.56 Å². The Hall–Kier alpha value is -1.64. The van der Waals surface area contributed by atoms with Gasteiger partial charge in [-0.1, -0.05) is 48.5 Å². The third-order valence-corrected chi connectivity index (χ3v) is 3.87. The minimum atomic E-state index is -0.0344. The third-order valence-electron chi connectivity index (χ3n) is 3.87. The van der Waals surface area contributed by atoms with Gasteiger partial charge in [0.2, 0.25) is 0 Å². The summed E-state index contributed by atoms with van der Waals surface area (Å²) in [7, 11) is 0. The maximum atomic E-state index is 9.61. The van der Waals surface area contributed by atoms with Crippen LogP contribution in [-0.4, -0.2) is 11.7 Å². The van der Waals surface area contributed by atoms with Crippen molar-refractivity contribution in [3.05, 3.63) is 70.8 Å². The summed E-state index contributed by atoms with van der Waals surface area (Å²) >= 11 is 0. The molecule has 2 aromatic rings. The fraction of sp³-hybridized carbons (Fsp3) is 0.333. The second-order valence-electron chi connectivity index (χ2n) is 5.38. The van der Waals surface area contributed by atoms with E-state index in [0.29, 0.717) is 0 Å². The van der Waals surface area contributed by atoms with Crippen molar-refractivity contribution >= 4 is 0 Å². The number of aliphatic hydroxyl groups is 1. The van der Waals surface area contributed by atoms with E-state index < -0.39 is 0 Å². The molecule has 1 unspecified atom stereocenters. The highest BCUT2D eigenvalue weighted by Crippen LogP contribution is 2.21. The van der Waals surface area contributed by atoms with Gasteiger partial charge in [-0.25, -0.2) is 0 Å². The quantitative estimate of drug-likeness (QED) is 0.867. The summed E-state index contributed by atoms with van der Waals surface area (Å²) in [4.78, 5) is 0. The molecule has 106 valence electrons. The molecule has 2 N–H and O–H groups in total. The van der Waals surface area contributed by atoms with Crippen LogP contribution < -0.4 is 5.32 Å². The van der Waals surface area contributed by atoms with Crippen LogP contribution >= 0.6 is 0 Å². The van der Waals surface area contributed by atoms with E-state index in [1.807, 2.05) is 30.3 Å². The number of aryl methyl sites for hydroxylation is 2. The van der Waals surface area contributed by atoms with Crippen molar-refractivity contribution in [3.8, 4) is 0 Å². The molecule has 0 bridgehead atoms. The predicted octanol–water partition coefficient (Wildman–Crippen LogP) is 3.69. The van der Waals surface area contributed by atoms with Gasteiger partial charge in [0.15, 0.2) is 0 Å². The lowest BCUT2D eigenvalue weighted by Crippen LogP contribution is -2.27. The number of benzene rings is 2. The summed E-state index contributed by atoms with van der Waals surface area (Å²) < 4.78 is 0. The van der Waals surface area contributed by atoms with E-state index in [1.165, 1.54) is 16.7 Å². The van der Waals surface area contributed by atoms with Crippen LogP contribution in [-0.2, 0) is 0 Å². The molecule has 0 saturated carbocycles. The minimum Gasteiger partial charge on any atom is -0.394 e. The summed E-state index contributed by atoms with van der Waals surface area (Å²) in [6.45, 7) is 6.49. The number of rotatable bonds is 5. The molecule has 0 heterocycles. The van der Waals surface area contributed by atoms with Gasteiger partial charge >= 0.3 is 0 Å². The van der Waals surface area contributed by atoms with Crippen LogP contribution in [0, 0.1) is 13.8 Å². The highest BCUT2D eigenvalue weighted by Gasteiger charge is 2.14. The van der Waals surface area contributed by atoms with E-state index >= 15 is 0 Å². The van der Waals surface area contributed by atoms with Gasteiger partial charge in [-0.3, -0.25) is 0 Å². The van der Waals surface area contributed by atoms with Gasteiger partial charge in [-0.15, -0.1) is 0 Å². The van der Waals surface area contributed by atoms with E-state index in [1.54, 1.807) is 0 Å². The van der Waals surface area contributed by atoms with Crippen LogP contribution in [0.5, 0.6) is 0 Å². The molecular formula is C18H23NO. The monoisotopic (exact) mass is 269 g/mol. The smallest absolute Gasteiger partial charge is 0.0626 e. The Morgan fingerprint density at radius 3 is 2.25 bits per heavy atom. The molecule has 0 saturated heterocycles. The van der Waals surface area contributed by atoms with E-state index in [4.69, 9.17) is 0 Å². The fourth-order valence-corrected chi connectivity index (χ4v) is 2.37. The fourth-order valence-electron chi connectivity index (χ4n) is 2.37. The molecule has 0 aliphatic rings. The van der Waals surface area contributed by atoms with Crippen LogP contribution in [0.2, 0.25) is 0 Å². The average molecular weight is 269 g/mol. The van der Waals surface area contributed by atoms with E-state index in [-0.39, 0.29) is 18.7 Å². The molecule has 2 nitrogen and oxygen atoms in total. The highest BCUT2D eigenvalue weighted by atomic mass is 16.3. The van der Waals surface area contributed by atoms with Crippen LogP contribution in [0.15, 0.2) is 48.5 Å². The third kappa shape index (κ3) is 3.47. The summed E-state index contributed by atoms with van der Waals surface area (Å²) in [5.41, 5.74) is 4.98. The summed E-state index contributed by atoms with van der Waals surface area (Å²) in [5, 5.41) is 13.1. The van der Waals surface area contributed by atoms with E-state index in [9.17, 15) is 5.11 Å². The van der Waals surface area contributed by atoms with Gasteiger partial charge in [0.05, 0.1) is 12.6 Å². The molecule has 0 aliphatic heterocycles. The Kier molecular flexibility index (Phi) is 4.94. The largest absolute Gasteiger partial charge is 0.394 e. The standard InChI is InChI=1S/C18H23NO/c1-13-9-10-17(11-14(13)2)15(3)19-18(12-20)16-7-5-4-6-8-16/h4-11,15,18-20H,12H2,1-3H3/t15?,18-/m0/s1. The van der Waals surface area contributed by atoms with Crippen molar-refractivity contribution < 1.29 is 5.11 Å². The lowest BCUT2D eigenvalue weighted by atomic mass is 10.00. The van der Waals surface area contributed by atoms with Crippen molar-refractivity contribution in [2.45, 2.75) is 32.9 Å². The second kappa shape index (κ2) is 6.69. The van der Waals surface area contributed by atoms with Crippen LogP contribution in [0.1, 0.15) is 41.3 Å². The van der Waals surface area contributed by atoms with Crippen molar-refractivity contribution in [1.29, 1.82) is 0 Å².